The molecule has 0 spiro atoms. The molecule has 266 valence electrons. The number of aromatic nitrogens is 3. The molecule has 1 saturated heterocycles. The van der Waals surface area contributed by atoms with E-state index in [2.05, 4.69) is 9.97 Å². The third kappa shape index (κ3) is 5.94. The Morgan fingerprint density at radius 1 is 0.685 bits per heavy atom. The molecule has 0 N–H and O–H groups in total. The van der Waals surface area contributed by atoms with Gasteiger partial charge in [0, 0.05) is 11.5 Å². The molecule has 1 aliphatic heterocycles. The van der Waals surface area contributed by atoms with Crippen molar-refractivity contribution in [3.8, 4) is 11.5 Å². The standard InChI is InChI=1S/C42H29N3O9/c46-40(25-12-4-1-5-13-25)50-23-32-36(53-41(47)26-14-6-2-7-15-26)37(54-42(48)27-16-8-3-9-17-27)39(52-32)45-29-20-21-49-35(29)33-34(43-24-44-38(33)45)31-22-28-18-10-11-19-30(28)51-31/h1-22,24,32,36-37,39H,23H2/t32-,36-,37-,39-/m1/s1. The first-order valence-electron chi connectivity index (χ1n) is 17.1. The van der Waals surface area contributed by atoms with Gasteiger partial charge < -0.3 is 27.8 Å². The summed E-state index contributed by atoms with van der Waals surface area (Å²) in [5.74, 6) is -1.50. The highest BCUT2D eigenvalue weighted by atomic mass is 16.7. The van der Waals surface area contributed by atoms with Crippen LogP contribution in [0.5, 0.6) is 0 Å². The summed E-state index contributed by atoms with van der Waals surface area (Å²) in [4.78, 5) is 49.9. The zero-order chi connectivity index (χ0) is 36.6. The van der Waals surface area contributed by atoms with Gasteiger partial charge in [-0.15, -0.1) is 0 Å². The lowest BCUT2D eigenvalue weighted by atomic mass is 10.1. The molecule has 5 heterocycles. The van der Waals surface area contributed by atoms with Crippen LogP contribution in [0.15, 0.2) is 149 Å². The van der Waals surface area contributed by atoms with Crippen molar-refractivity contribution in [1.82, 2.24) is 14.5 Å². The third-order valence-corrected chi connectivity index (χ3v) is 9.28. The van der Waals surface area contributed by atoms with Crippen LogP contribution in [0.2, 0.25) is 0 Å². The number of carbonyl (C=O) groups excluding carboxylic acids is 3. The van der Waals surface area contributed by atoms with Crippen molar-refractivity contribution in [2.24, 2.45) is 0 Å². The predicted octanol–water partition coefficient (Wildman–Crippen LogP) is 7.80. The van der Waals surface area contributed by atoms with E-state index in [-0.39, 0.29) is 17.7 Å². The monoisotopic (exact) mass is 719 g/mol. The Morgan fingerprint density at radius 2 is 1.30 bits per heavy atom. The Bertz CT molecular complexity index is 2600. The van der Waals surface area contributed by atoms with Gasteiger partial charge in [-0.05, 0) is 48.5 Å². The number of hydrogen-bond acceptors (Lipinski definition) is 11. The summed E-state index contributed by atoms with van der Waals surface area (Å²) in [7, 11) is 0. The molecule has 54 heavy (non-hydrogen) atoms. The molecule has 1 fully saturated rings. The molecule has 0 aliphatic carbocycles. The average Bonchev–Trinajstić information content (AvgIpc) is 4.01. The van der Waals surface area contributed by atoms with Gasteiger partial charge in [-0.3, -0.25) is 4.57 Å². The first-order valence-corrected chi connectivity index (χ1v) is 17.1. The molecule has 12 nitrogen and oxygen atoms in total. The maximum Gasteiger partial charge on any atom is 0.338 e. The van der Waals surface area contributed by atoms with Crippen LogP contribution in [0.25, 0.3) is 44.6 Å². The maximum atomic E-state index is 13.8. The van der Waals surface area contributed by atoms with Crippen molar-refractivity contribution in [2.45, 2.75) is 24.5 Å². The first-order chi connectivity index (χ1) is 26.5. The van der Waals surface area contributed by atoms with Crippen molar-refractivity contribution >= 4 is 51.0 Å². The van der Waals surface area contributed by atoms with Crippen LogP contribution in [-0.4, -0.2) is 57.4 Å². The maximum absolute atomic E-state index is 13.8. The van der Waals surface area contributed by atoms with Gasteiger partial charge in [0.15, 0.2) is 35.4 Å². The summed E-state index contributed by atoms with van der Waals surface area (Å²) in [6, 6.07) is 36.5. The lowest BCUT2D eigenvalue weighted by molar-refractivity contribution is -0.0588. The van der Waals surface area contributed by atoms with Crippen molar-refractivity contribution in [3.63, 3.8) is 0 Å². The highest BCUT2D eigenvalue weighted by Crippen LogP contribution is 2.43. The number of nitrogens with zero attached hydrogens (tertiary/aromatic N) is 3. The summed E-state index contributed by atoms with van der Waals surface area (Å²) >= 11 is 0. The predicted molar refractivity (Wildman–Crippen MR) is 194 cm³/mol. The molecular weight excluding hydrogens is 690 g/mol. The zero-order valence-corrected chi connectivity index (χ0v) is 28.3. The number of rotatable bonds is 9. The van der Waals surface area contributed by atoms with Crippen LogP contribution >= 0.6 is 0 Å². The fourth-order valence-electron chi connectivity index (χ4n) is 6.77. The molecule has 12 heteroatoms. The van der Waals surface area contributed by atoms with Gasteiger partial charge in [-0.25, -0.2) is 24.4 Å². The van der Waals surface area contributed by atoms with E-state index in [4.69, 9.17) is 27.8 Å². The summed E-state index contributed by atoms with van der Waals surface area (Å²) in [6.45, 7) is -0.344. The highest BCUT2D eigenvalue weighted by molar-refractivity contribution is 6.10. The van der Waals surface area contributed by atoms with Gasteiger partial charge >= 0.3 is 17.9 Å². The summed E-state index contributed by atoms with van der Waals surface area (Å²) < 4.78 is 38.8. The average molecular weight is 720 g/mol. The molecule has 0 saturated carbocycles. The van der Waals surface area contributed by atoms with Crippen molar-refractivity contribution in [3.05, 3.63) is 157 Å². The number of esters is 3. The summed E-state index contributed by atoms with van der Waals surface area (Å²) in [5, 5.41) is 1.41. The van der Waals surface area contributed by atoms with Gasteiger partial charge in [-0.2, -0.15) is 0 Å². The number of furan rings is 2. The van der Waals surface area contributed by atoms with E-state index >= 15 is 0 Å². The molecule has 8 aromatic rings. The van der Waals surface area contributed by atoms with Crippen molar-refractivity contribution in [2.75, 3.05) is 6.61 Å². The molecule has 1 aliphatic rings. The van der Waals surface area contributed by atoms with Gasteiger partial charge in [-0.1, -0.05) is 72.8 Å². The number of carbonyl (C=O) groups is 3. The number of para-hydroxylation sites is 1. The summed E-state index contributed by atoms with van der Waals surface area (Å²) in [6.07, 6.45) is -1.88. The van der Waals surface area contributed by atoms with Crippen molar-refractivity contribution in [1.29, 1.82) is 0 Å². The Morgan fingerprint density at radius 3 is 1.96 bits per heavy atom. The molecule has 9 rings (SSSR count). The van der Waals surface area contributed by atoms with E-state index in [9.17, 15) is 14.4 Å². The second-order valence-electron chi connectivity index (χ2n) is 12.6. The molecule has 0 radical (unpaired) electrons. The van der Waals surface area contributed by atoms with E-state index in [0.29, 0.717) is 44.7 Å². The molecule has 0 amide bonds. The third-order valence-electron chi connectivity index (χ3n) is 9.28. The van der Waals surface area contributed by atoms with Crippen LogP contribution in [0.4, 0.5) is 0 Å². The molecule has 4 aromatic carbocycles. The fraction of sp³-hybridized carbons (Fsp3) is 0.119. The zero-order valence-electron chi connectivity index (χ0n) is 28.3. The molecule has 4 atom stereocenters. The van der Waals surface area contributed by atoms with E-state index < -0.39 is 42.4 Å². The second kappa shape index (κ2) is 13.8. The normalized spacial score (nSPS) is 18.2. The number of ether oxygens (including phenoxy) is 4. The summed E-state index contributed by atoms with van der Waals surface area (Å²) in [5.41, 5.74) is 3.32. The second-order valence-corrected chi connectivity index (χ2v) is 12.6. The van der Waals surface area contributed by atoms with E-state index in [1.807, 2.05) is 30.3 Å². The number of benzene rings is 4. The smallest absolute Gasteiger partial charge is 0.338 e. The molecular formula is C42H29N3O9. The van der Waals surface area contributed by atoms with E-state index in [1.165, 1.54) is 12.6 Å². The number of hydrogen-bond donors (Lipinski definition) is 0. The first kappa shape index (κ1) is 32.8. The van der Waals surface area contributed by atoms with Crippen LogP contribution < -0.4 is 0 Å². The SMILES string of the molecule is O=C(OC[C@H]1O[C@@H](n2c3ccoc3c3c(-c4cc5ccccc5o4)ncnc32)[C@H](OC(=O)c2ccccc2)[C@@H]1OC(=O)c1ccccc1)c1ccccc1. The lowest BCUT2D eigenvalue weighted by Gasteiger charge is -2.25. The quantitative estimate of drug-likeness (QED) is 0.106. The van der Waals surface area contributed by atoms with Crippen LogP contribution in [0.3, 0.4) is 0 Å². The van der Waals surface area contributed by atoms with Crippen LogP contribution in [-0.2, 0) is 18.9 Å². The largest absolute Gasteiger partial charge is 0.462 e. The minimum atomic E-state index is -1.27. The van der Waals surface area contributed by atoms with Crippen molar-refractivity contribution < 1.29 is 42.2 Å². The fourth-order valence-corrected chi connectivity index (χ4v) is 6.77. The van der Waals surface area contributed by atoms with Gasteiger partial charge in [0.05, 0.1) is 33.9 Å². The van der Waals surface area contributed by atoms with E-state index in [0.717, 1.165) is 5.39 Å². The Labute approximate surface area is 306 Å². The minimum Gasteiger partial charge on any atom is -0.462 e. The van der Waals surface area contributed by atoms with Gasteiger partial charge in [0.2, 0.25) is 0 Å². The van der Waals surface area contributed by atoms with E-state index in [1.54, 1.807) is 102 Å². The van der Waals surface area contributed by atoms with Crippen LogP contribution in [0.1, 0.15) is 37.3 Å². The highest BCUT2D eigenvalue weighted by Gasteiger charge is 2.52. The lowest BCUT2D eigenvalue weighted by Crippen LogP contribution is -2.41. The van der Waals surface area contributed by atoms with Gasteiger partial charge in [0.1, 0.15) is 30.3 Å². The topological polar surface area (TPSA) is 145 Å². The Hall–Kier alpha value is -7.05. The minimum absolute atomic E-state index is 0.265. The van der Waals surface area contributed by atoms with Crippen LogP contribution in [0, 0.1) is 0 Å². The number of fused-ring (bicyclic) bond motifs is 4. The molecule has 0 unspecified atom stereocenters. The molecule has 0 bridgehead atoms. The Kier molecular flexibility index (Phi) is 8.40. The van der Waals surface area contributed by atoms with Gasteiger partial charge in [0.25, 0.3) is 0 Å². The molecule has 4 aromatic heterocycles. The Balaban J connectivity index is 1.17.